The summed E-state index contributed by atoms with van der Waals surface area (Å²) in [7, 11) is 0. The zero-order chi connectivity index (χ0) is 11.1. The lowest BCUT2D eigenvalue weighted by Crippen LogP contribution is -2.15. The van der Waals surface area contributed by atoms with Crippen LogP contribution in [0.3, 0.4) is 0 Å². The van der Waals surface area contributed by atoms with Gasteiger partial charge in [0.15, 0.2) is 0 Å². The third-order valence-corrected chi connectivity index (χ3v) is 2.15. The maximum atomic E-state index is 12.8. The number of hydrogen-bond donors (Lipinski definition) is 1. The van der Waals surface area contributed by atoms with Gasteiger partial charge in [-0.25, -0.2) is 4.98 Å². The van der Waals surface area contributed by atoms with E-state index >= 15 is 0 Å². The van der Waals surface area contributed by atoms with Crippen molar-refractivity contribution in [3.05, 3.63) is 36.8 Å². The molecule has 1 N–H and O–H groups in total. The first-order chi connectivity index (χ1) is 7.22. The van der Waals surface area contributed by atoms with Crippen LogP contribution < -0.4 is 5.32 Å². The van der Waals surface area contributed by atoms with E-state index in [0.29, 0.717) is 11.9 Å². The highest BCUT2D eigenvalue weighted by atomic mass is 19.1. The van der Waals surface area contributed by atoms with Crippen molar-refractivity contribution in [2.45, 2.75) is 32.2 Å². The fourth-order valence-corrected chi connectivity index (χ4v) is 1.38. The van der Waals surface area contributed by atoms with Crippen LogP contribution in [0.25, 0.3) is 0 Å². The molecule has 0 aromatic carbocycles. The summed E-state index contributed by atoms with van der Waals surface area (Å²) in [5.41, 5.74) is 0. The predicted molar refractivity (Wildman–Crippen MR) is 61.3 cm³/mol. The van der Waals surface area contributed by atoms with Crippen molar-refractivity contribution >= 4 is 5.82 Å². The van der Waals surface area contributed by atoms with Crippen molar-refractivity contribution in [3.63, 3.8) is 0 Å². The van der Waals surface area contributed by atoms with E-state index in [-0.39, 0.29) is 0 Å². The molecular weight excluding hydrogens is 191 g/mol. The monoisotopic (exact) mass is 208 g/mol. The molecule has 0 bridgehead atoms. The van der Waals surface area contributed by atoms with Crippen molar-refractivity contribution in [1.82, 2.24) is 4.98 Å². The topological polar surface area (TPSA) is 24.9 Å². The molecule has 0 radical (unpaired) electrons. The van der Waals surface area contributed by atoms with E-state index in [9.17, 15) is 4.39 Å². The minimum absolute atomic E-state index is 0.305. The number of rotatable bonds is 6. The summed E-state index contributed by atoms with van der Waals surface area (Å²) in [5.74, 6) is 0.152. The molecule has 0 aliphatic heterocycles. The van der Waals surface area contributed by atoms with Gasteiger partial charge in [-0.15, -0.1) is 6.58 Å². The van der Waals surface area contributed by atoms with E-state index in [1.54, 1.807) is 12.1 Å². The lowest BCUT2D eigenvalue weighted by molar-refractivity contribution is 0.582. The molecule has 1 heterocycles. The van der Waals surface area contributed by atoms with Crippen LogP contribution in [0.5, 0.6) is 0 Å². The van der Waals surface area contributed by atoms with Crippen LogP contribution in [0.15, 0.2) is 30.9 Å². The maximum absolute atomic E-state index is 12.8. The van der Waals surface area contributed by atoms with E-state index in [1.165, 1.54) is 6.07 Å². The lowest BCUT2D eigenvalue weighted by atomic mass is 10.1. The van der Waals surface area contributed by atoms with Gasteiger partial charge in [0, 0.05) is 6.04 Å². The number of unbranched alkanes of at least 4 members (excludes halogenated alkanes) is 1. The highest BCUT2D eigenvalue weighted by Gasteiger charge is 2.02. The Bertz CT molecular complexity index is 312. The normalized spacial score (nSPS) is 12.1. The SMILES string of the molecule is C=CCCCC(C)Nc1cccc(F)n1. The average Bonchev–Trinajstić information content (AvgIpc) is 2.18. The fourth-order valence-electron chi connectivity index (χ4n) is 1.38. The molecular formula is C12H17FN2. The van der Waals surface area contributed by atoms with Crippen molar-refractivity contribution in [3.8, 4) is 0 Å². The molecule has 1 unspecified atom stereocenters. The largest absolute Gasteiger partial charge is 0.368 e. The number of pyridine rings is 1. The minimum atomic E-state index is -0.446. The lowest BCUT2D eigenvalue weighted by Gasteiger charge is -2.13. The molecule has 2 nitrogen and oxygen atoms in total. The standard InChI is InChI=1S/C12H17FN2/c1-3-4-5-7-10(2)14-12-9-6-8-11(13)15-12/h3,6,8-10H,1,4-5,7H2,2H3,(H,14,15). The van der Waals surface area contributed by atoms with Crippen molar-refractivity contribution in [2.24, 2.45) is 0 Å². The molecule has 0 saturated heterocycles. The van der Waals surface area contributed by atoms with Crippen LogP contribution in [-0.4, -0.2) is 11.0 Å². The van der Waals surface area contributed by atoms with Gasteiger partial charge in [-0.1, -0.05) is 12.1 Å². The Hall–Kier alpha value is -1.38. The number of nitrogens with zero attached hydrogens (tertiary/aromatic N) is 1. The highest BCUT2D eigenvalue weighted by Crippen LogP contribution is 2.09. The first kappa shape index (κ1) is 11.7. The second-order valence-electron chi connectivity index (χ2n) is 3.61. The van der Waals surface area contributed by atoms with Crippen LogP contribution in [-0.2, 0) is 0 Å². The zero-order valence-electron chi connectivity index (χ0n) is 9.04. The van der Waals surface area contributed by atoms with Crippen LogP contribution >= 0.6 is 0 Å². The predicted octanol–water partition coefficient (Wildman–Crippen LogP) is 3.38. The van der Waals surface area contributed by atoms with E-state index in [0.717, 1.165) is 19.3 Å². The Morgan fingerprint density at radius 3 is 3.07 bits per heavy atom. The van der Waals surface area contributed by atoms with Gasteiger partial charge < -0.3 is 5.32 Å². The fraction of sp³-hybridized carbons (Fsp3) is 0.417. The second kappa shape index (κ2) is 6.17. The number of halogens is 1. The Labute approximate surface area is 90.2 Å². The molecule has 15 heavy (non-hydrogen) atoms. The van der Waals surface area contributed by atoms with Crippen LogP contribution in [0.1, 0.15) is 26.2 Å². The smallest absolute Gasteiger partial charge is 0.214 e. The second-order valence-corrected chi connectivity index (χ2v) is 3.61. The third kappa shape index (κ3) is 4.58. The summed E-state index contributed by atoms with van der Waals surface area (Å²) in [6.07, 6.45) is 5.05. The Balaban J connectivity index is 2.37. The third-order valence-electron chi connectivity index (χ3n) is 2.15. The van der Waals surface area contributed by atoms with Gasteiger partial charge in [-0.3, -0.25) is 0 Å². The molecule has 0 amide bonds. The zero-order valence-corrected chi connectivity index (χ0v) is 9.04. The number of aromatic nitrogens is 1. The Morgan fingerprint density at radius 1 is 1.60 bits per heavy atom. The first-order valence-electron chi connectivity index (χ1n) is 5.22. The molecule has 1 rings (SSSR count). The first-order valence-corrected chi connectivity index (χ1v) is 5.22. The van der Waals surface area contributed by atoms with Gasteiger partial charge >= 0.3 is 0 Å². The van der Waals surface area contributed by atoms with Crippen molar-refractivity contribution in [2.75, 3.05) is 5.32 Å². The molecule has 1 aromatic rings. The quantitative estimate of drug-likeness (QED) is 0.440. The van der Waals surface area contributed by atoms with Gasteiger partial charge in [0.2, 0.25) is 5.95 Å². The number of anilines is 1. The number of nitrogens with one attached hydrogen (secondary N) is 1. The molecule has 3 heteroatoms. The van der Waals surface area contributed by atoms with Gasteiger partial charge in [-0.05, 0) is 38.3 Å². The van der Waals surface area contributed by atoms with E-state index in [1.807, 2.05) is 6.08 Å². The highest BCUT2D eigenvalue weighted by molar-refractivity contribution is 5.34. The molecule has 0 aliphatic rings. The summed E-state index contributed by atoms with van der Waals surface area (Å²) < 4.78 is 12.8. The summed E-state index contributed by atoms with van der Waals surface area (Å²) in [6.45, 7) is 5.74. The van der Waals surface area contributed by atoms with E-state index in [4.69, 9.17) is 0 Å². The summed E-state index contributed by atoms with van der Waals surface area (Å²) in [6, 6.07) is 5.07. The van der Waals surface area contributed by atoms with Crippen LogP contribution in [0.2, 0.25) is 0 Å². The summed E-state index contributed by atoms with van der Waals surface area (Å²) >= 11 is 0. The van der Waals surface area contributed by atoms with Gasteiger partial charge in [-0.2, -0.15) is 4.39 Å². The number of allylic oxidation sites excluding steroid dienone is 1. The molecule has 82 valence electrons. The van der Waals surface area contributed by atoms with E-state index < -0.39 is 5.95 Å². The van der Waals surface area contributed by atoms with Gasteiger partial charge in [0.1, 0.15) is 5.82 Å². The van der Waals surface area contributed by atoms with Gasteiger partial charge in [0.25, 0.3) is 0 Å². The maximum Gasteiger partial charge on any atom is 0.214 e. The Morgan fingerprint density at radius 2 is 2.40 bits per heavy atom. The molecule has 0 saturated carbocycles. The van der Waals surface area contributed by atoms with Crippen molar-refractivity contribution < 1.29 is 4.39 Å². The molecule has 0 fully saturated rings. The van der Waals surface area contributed by atoms with E-state index in [2.05, 4.69) is 23.8 Å². The van der Waals surface area contributed by atoms with Crippen molar-refractivity contribution in [1.29, 1.82) is 0 Å². The van der Waals surface area contributed by atoms with Gasteiger partial charge in [0.05, 0.1) is 0 Å². The summed E-state index contributed by atoms with van der Waals surface area (Å²) in [4.78, 5) is 3.74. The summed E-state index contributed by atoms with van der Waals surface area (Å²) in [5, 5.41) is 3.16. The average molecular weight is 208 g/mol. The number of hydrogen-bond acceptors (Lipinski definition) is 2. The molecule has 1 aromatic heterocycles. The Kier molecular flexibility index (Phi) is 4.81. The molecule has 1 atom stereocenters. The van der Waals surface area contributed by atoms with Crippen LogP contribution in [0.4, 0.5) is 10.2 Å². The van der Waals surface area contributed by atoms with Crippen LogP contribution in [0, 0.1) is 5.95 Å². The molecule has 0 spiro atoms. The minimum Gasteiger partial charge on any atom is -0.368 e. The molecule has 0 aliphatic carbocycles.